The molecule has 0 aliphatic carbocycles. The number of hydrogen-bond acceptors (Lipinski definition) is 4. The first kappa shape index (κ1) is 19.2. The van der Waals surface area contributed by atoms with Gasteiger partial charge in [0.2, 0.25) is 5.91 Å². The van der Waals surface area contributed by atoms with Crippen LogP contribution in [0.15, 0.2) is 54.6 Å². The fourth-order valence-electron chi connectivity index (χ4n) is 3.70. The van der Waals surface area contributed by atoms with Crippen molar-refractivity contribution in [3.8, 4) is 11.4 Å². The minimum absolute atomic E-state index is 0.0319. The number of nitrogens with one attached hydrogen (secondary N) is 2. The van der Waals surface area contributed by atoms with Crippen LogP contribution in [-0.2, 0) is 24.3 Å². The minimum atomic E-state index is -0.343. The predicted molar refractivity (Wildman–Crippen MR) is 114 cm³/mol. The molecule has 6 heteroatoms. The summed E-state index contributed by atoms with van der Waals surface area (Å²) in [5, 5.41) is 15.1. The zero-order valence-corrected chi connectivity index (χ0v) is 16.8. The summed E-state index contributed by atoms with van der Waals surface area (Å²) in [6, 6.07) is 17.6. The highest BCUT2D eigenvalue weighted by Gasteiger charge is 2.17. The van der Waals surface area contributed by atoms with Gasteiger partial charge in [-0.2, -0.15) is 0 Å². The van der Waals surface area contributed by atoms with Gasteiger partial charge >= 0.3 is 0 Å². The van der Waals surface area contributed by atoms with Crippen LogP contribution >= 0.6 is 0 Å². The number of benzene rings is 2. The Labute approximate surface area is 171 Å². The highest BCUT2D eigenvalue weighted by Crippen LogP contribution is 2.25. The van der Waals surface area contributed by atoms with E-state index in [-0.39, 0.29) is 11.9 Å². The smallest absolute Gasteiger partial charge is 0.242 e. The van der Waals surface area contributed by atoms with Gasteiger partial charge in [-0.05, 0) is 37.5 Å². The van der Waals surface area contributed by atoms with Crippen LogP contribution in [0.3, 0.4) is 0 Å². The highest BCUT2D eigenvalue weighted by atomic mass is 16.2. The van der Waals surface area contributed by atoms with E-state index < -0.39 is 0 Å². The van der Waals surface area contributed by atoms with E-state index in [1.807, 2.05) is 61.5 Å². The Balaban J connectivity index is 1.42. The summed E-state index contributed by atoms with van der Waals surface area (Å²) in [4.78, 5) is 12.5. The average molecular weight is 390 g/mol. The Bertz CT molecular complexity index is 966. The van der Waals surface area contributed by atoms with Crippen LogP contribution in [0.25, 0.3) is 11.4 Å². The van der Waals surface area contributed by atoms with Crippen LogP contribution in [0.5, 0.6) is 0 Å². The lowest BCUT2D eigenvalue weighted by molar-refractivity contribution is -0.121. The molecule has 1 amide bonds. The predicted octanol–water partition coefficient (Wildman–Crippen LogP) is 3.79. The molecule has 0 radical (unpaired) electrons. The maximum atomic E-state index is 12.5. The lowest BCUT2D eigenvalue weighted by Gasteiger charge is -2.16. The number of fused-ring (bicyclic) bond motifs is 1. The van der Waals surface area contributed by atoms with Crippen molar-refractivity contribution in [1.82, 2.24) is 20.1 Å². The van der Waals surface area contributed by atoms with Gasteiger partial charge in [-0.3, -0.25) is 4.79 Å². The summed E-state index contributed by atoms with van der Waals surface area (Å²) in [7, 11) is 0. The Morgan fingerprint density at radius 2 is 1.93 bits per heavy atom. The van der Waals surface area contributed by atoms with Crippen LogP contribution in [0, 0.1) is 0 Å². The molecule has 0 saturated carbocycles. The SMILES string of the molecule is C[C@@H](Nc1cccc(-c2nnc3n2CCCCC3)c1)C(=O)NCc1ccccc1. The summed E-state index contributed by atoms with van der Waals surface area (Å²) < 4.78 is 2.24. The summed E-state index contributed by atoms with van der Waals surface area (Å²) in [5.41, 5.74) is 3.01. The largest absolute Gasteiger partial charge is 0.374 e. The molecular formula is C23H27N5O. The summed E-state index contributed by atoms with van der Waals surface area (Å²) in [6.07, 6.45) is 4.56. The molecule has 0 bridgehead atoms. The first-order valence-electron chi connectivity index (χ1n) is 10.3. The Morgan fingerprint density at radius 1 is 1.07 bits per heavy atom. The van der Waals surface area contributed by atoms with Crippen LogP contribution in [-0.4, -0.2) is 26.7 Å². The maximum absolute atomic E-state index is 12.5. The van der Waals surface area contributed by atoms with Gasteiger partial charge in [0.1, 0.15) is 11.9 Å². The van der Waals surface area contributed by atoms with E-state index in [1.165, 1.54) is 12.8 Å². The van der Waals surface area contributed by atoms with Crippen LogP contribution < -0.4 is 10.6 Å². The van der Waals surface area contributed by atoms with Crippen molar-refractivity contribution in [3.05, 3.63) is 66.0 Å². The molecule has 3 aromatic rings. The highest BCUT2D eigenvalue weighted by molar-refractivity contribution is 5.84. The van der Waals surface area contributed by atoms with E-state index in [1.54, 1.807) is 0 Å². The van der Waals surface area contributed by atoms with E-state index in [0.29, 0.717) is 6.54 Å². The van der Waals surface area contributed by atoms with Crippen molar-refractivity contribution in [2.75, 3.05) is 5.32 Å². The summed E-state index contributed by atoms with van der Waals surface area (Å²) in [5.74, 6) is 1.95. The Kier molecular flexibility index (Phi) is 5.89. The van der Waals surface area contributed by atoms with Crippen molar-refractivity contribution >= 4 is 11.6 Å². The van der Waals surface area contributed by atoms with Gasteiger partial charge in [-0.15, -0.1) is 10.2 Å². The molecule has 0 fully saturated rings. The number of aromatic nitrogens is 3. The van der Waals surface area contributed by atoms with E-state index in [9.17, 15) is 4.79 Å². The molecule has 1 aliphatic heterocycles. The topological polar surface area (TPSA) is 71.8 Å². The molecule has 2 heterocycles. The van der Waals surface area contributed by atoms with Gasteiger partial charge < -0.3 is 15.2 Å². The average Bonchev–Trinajstić information content (AvgIpc) is 3.01. The fourth-order valence-corrected chi connectivity index (χ4v) is 3.70. The number of rotatable bonds is 6. The number of aryl methyl sites for hydroxylation is 1. The van der Waals surface area contributed by atoms with Crippen molar-refractivity contribution in [1.29, 1.82) is 0 Å². The lowest BCUT2D eigenvalue weighted by atomic mass is 10.1. The molecule has 29 heavy (non-hydrogen) atoms. The molecule has 1 aliphatic rings. The second-order valence-electron chi connectivity index (χ2n) is 7.55. The number of carbonyl (C=O) groups is 1. The van der Waals surface area contributed by atoms with E-state index >= 15 is 0 Å². The molecule has 4 rings (SSSR count). The van der Waals surface area contributed by atoms with Gasteiger partial charge in [0, 0.05) is 30.8 Å². The van der Waals surface area contributed by atoms with Crippen molar-refractivity contribution < 1.29 is 4.79 Å². The molecule has 0 saturated heterocycles. The molecule has 2 N–H and O–H groups in total. The molecule has 6 nitrogen and oxygen atoms in total. The normalized spacial score (nSPS) is 14.5. The van der Waals surface area contributed by atoms with E-state index in [2.05, 4.69) is 25.4 Å². The summed E-state index contributed by atoms with van der Waals surface area (Å²) >= 11 is 0. The zero-order valence-electron chi connectivity index (χ0n) is 16.8. The van der Waals surface area contributed by atoms with Crippen molar-refractivity contribution in [2.24, 2.45) is 0 Å². The van der Waals surface area contributed by atoms with Gasteiger partial charge in [-0.25, -0.2) is 0 Å². The van der Waals surface area contributed by atoms with Gasteiger partial charge in [0.25, 0.3) is 0 Å². The number of hydrogen-bond donors (Lipinski definition) is 2. The fraction of sp³-hybridized carbons (Fsp3) is 0.348. The van der Waals surface area contributed by atoms with Crippen LogP contribution in [0.2, 0.25) is 0 Å². The number of amides is 1. The van der Waals surface area contributed by atoms with E-state index in [0.717, 1.165) is 47.8 Å². The van der Waals surface area contributed by atoms with Gasteiger partial charge in [-0.1, -0.05) is 48.9 Å². The third-order valence-electron chi connectivity index (χ3n) is 5.32. The number of carbonyl (C=O) groups excluding carboxylic acids is 1. The quantitative estimate of drug-likeness (QED) is 0.673. The minimum Gasteiger partial charge on any atom is -0.374 e. The second kappa shape index (κ2) is 8.90. The third-order valence-corrected chi connectivity index (χ3v) is 5.32. The molecule has 1 aromatic heterocycles. The van der Waals surface area contributed by atoms with Crippen LogP contribution in [0.4, 0.5) is 5.69 Å². The number of nitrogens with zero attached hydrogens (tertiary/aromatic N) is 3. The van der Waals surface area contributed by atoms with Gasteiger partial charge in [0.15, 0.2) is 5.82 Å². The monoisotopic (exact) mass is 389 g/mol. The third kappa shape index (κ3) is 4.65. The second-order valence-corrected chi connectivity index (χ2v) is 7.55. The molecule has 0 spiro atoms. The first-order valence-corrected chi connectivity index (χ1v) is 10.3. The van der Waals surface area contributed by atoms with Crippen LogP contribution in [0.1, 0.15) is 37.6 Å². The van der Waals surface area contributed by atoms with Gasteiger partial charge in [0.05, 0.1) is 0 Å². The zero-order chi connectivity index (χ0) is 20.1. The molecule has 1 atom stereocenters. The molecule has 150 valence electrons. The summed E-state index contributed by atoms with van der Waals surface area (Å²) in [6.45, 7) is 3.36. The lowest BCUT2D eigenvalue weighted by Crippen LogP contribution is -2.37. The number of anilines is 1. The Hall–Kier alpha value is -3.15. The van der Waals surface area contributed by atoms with Crippen molar-refractivity contribution in [2.45, 2.75) is 51.7 Å². The van der Waals surface area contributed by atoms with E-state index in [4.69, 9.17) is 0 Å². The molecule has 0 unspecified atom stereocenters. The standard InChI is InChI=1S/C23H27N5O/c1-17(23(29)24-16-18-9-4-2-5-10-18)25-20-12-8-11-19(15-20)22-27-26-21-13-6-3-7-14-28(21)22/h2,4-5,8-12,15,17,25H,3,6-7,13-14,16H2,1H3,(H,24,29)/t17-/m1/s1. The van der Waals surface area contributed by atoms with Crippen molar-refractivity contribution in [3.63, 3.8) is 0 Å². The Morgan fingerprint density at radius 3 is 2.79 bits per heavy atom. The maximum Gasteiger partial charge on any atom is 0.242 e. The molecule has 2 aromatic carbocycles. The first-order chi connectivity index (χ1) is 14.2. The molecular weight excluding hydrogens is 362 g/mol.